The number of hydrogen-bond donors (Lipinski definition) is 1. The lowest BCUT2D eigenvalue weighted by Crippen LogP contribution is -2.24. The second-order valence-corrected chi connectivity index (χ2v) is 4.68. The van der Waals surface area contributed by atoms with Crippen molar-refractivity contribution in [2.45, 2.75) is 26.5 Å². The van der Waals surface area contributed by atoms with Gasteiger partial charge in [0.25, 0.3) is 11.8 Å². The van der Waals surface area contributed by atoms with Gasteiger partial charge in [0.05, 0.1) is 11.8 Å². The summed E-state index contributed by atoms with van der Waals surface area (Å²) in [6.07, 6.45) is 3.81. The molecule has 0 aliphatic heterocycles. The van der Waals surface area contributed by atoms with Crippen molar-refractivity contribution in [3.8, 4) is 5.88 Å². The minimum Gasteiger partial charge on any atom is -0.414 e. The number of carbonyl (C=O) groups excluding carboxylic acids is 1. The zero-order valence-electron chi connectivity index (χ0n) is 12.5. The Morgan fingerprint density at radius 1 is 1.25 bits per heavy atom. The number of hydrogen-bond acceptors (Lipinski definition) is 4. The van der Waals surface area contributed by atoms with Gasteiger partial charge in [-0.1, -0.05) is 6.92 Å². The lowest BCUT2D eigenvalue weighted by Gasteiger charge is -2.10. The summed E-state index contributed by atoms with van der Waals surface area (Å²) in [5.74, 6) is -3.27. The van der Waals surface area contributed by atoms with Crippen LogP contribution in [0.1, 0.15) is 28.4 Å². The molecule has 0 aromatic carbocycles. The summed E-state index contributed by atoms with van der Waals surface area (Å²) < 4.78 is 55.0. The number of nitrogens with one attached hydrogen (secondary N) is 1. The van der Waals surface area contributed by atoms with Crippen LogP contribution < -0.4 is 10.1 Å². The first-order valence-corrected chi connectivity index (χ1v) is 6.92. The molecular formula is C15H13F4N3O2. The van der Waals surface area contributed by atoms with Crippen LogP contribution in [0.25, 0.3) is 0 Å². The molecule has 0 fully saturated rings. The Kier molecular flexibility index (Phi) is 5.67. The van der Waals surface area contributed by atoms with Crippen LogP contribution in [0.5, 0.6) is 5.88 Å². The van der Waals surface area contributed by atoms with Gasteiger partial charge in [-0.25, -0.2) is 13.8 Å². The van der Waals surface area contributed by atoms with E-state index in [2.05, 4.69) is 20.0 Å². The van der Waals surface area contributed by atoms with Gasteiger partial charge in [0.2, 0.25) is 0 Å². The fourth-order valence-electron chi connectivity index (χ4n) is 2.05. The number of halogens is 4. The lowest BCUT2D eigenvalue weighted by molar-refractivity contribution is -0.0553. The molecule has 0 saturated heterocycles. The molecule has 2 rings (SSSR count). The molecule has 0 aliphatic carbocycles. The van der Waals surface area contributed by atoms with Crippen molar-refractivity contribution in [2.75, 3.05) is 0 Å². The Morgan fingerprint density at radius 3 is 2.62 bits per heavy atom. The zero-order chi connectivity index (χ0) is 17.7. The zero-order valence-corrected chi connectivity index (χ0v) is 12.5. The number of carbonyl (C=O) groups is 1. The first-order chi connectivity index (χ1) is 11.4. The number of pyridine rings is 2. The van der Waals surface area contributed by atoms with E-state index in [9.17, 15) is 22.4 Å². The number of alkyl halides is 2. The first kappa shape index (κ1) is 17.6. The van der Waals surface area contributed by atoms with Gasteiger partial charge in [0.15, 0.2) is 5.82 Å². The van der Waals surface area contributed by atoms with Crippen molar-refractivity contribution in [1.82, 2.24) is 15.3 Å². The molecule has 24 heavy (non-hydrogen) atoms. The highest BCUT2D eigenvalue weighted by Crippen LogP contribution is 2.17. The molecule has 0 bridgehead atoms. The highest BCUT2D eigenvalue weighted by atomic mass is 19.3. The van der Waals surface area contributed by atoms with Crippen LogP contribution >= 0.6 is 0 Å². The third kappa shape index (κ3) is 4.18. The van der Waals surface area contributed by atoms with Gasteiger partial charge in [-0.05, 0) is 23.6 Å². The average molecular weight is 343 g/mol. The van der Waals surface area contributed by atoms with Crippen LogP contribution in [0.3, 0.4) is 0 Å². The molecule has 1 N–H and O–H groups in total. The molecular weight excluding hydrogens is 330 g/mol. The van der Waals surface area contributed by atoms with Crippen molar-refractivity contribution in [3.63, 3.8) is 0 Å². The molecule has 9 heteroatoms. The van der Waals surface area contributed by atoms with Crippen LogP contribution in [-0.4, -0.2) is 22.5 Å². The van der Waals surface area contributed by atoms with Gasteiger partial charge >= 0.3 is 6.61 Å². The minimum atomic E-state index is -3.22. The monoisotopic (exact) mass is 343 g/mol. The van der Waals surface area contributed by atoms with Gasteiger partial charge in [-0.3, -0.25) is 9.78 Å². The lowest BCUT2D eigenvalue weighted by atomic mass is 10.1. The van der Waals surface area contributed by atoms with Gasteiger partial charge < -0.3 is 10.1 Å². The smallest absolute Gasteiger partial charge is 0.388 e. The first-order valence-electron chi connectivity index (χ1n) is 6.92. The van der Waals surface area contributed by atoms with Crippen molar-refractivity contribution in [3.05, 3.63) is 53.0 Å². The van der Waals surface area contributed by atoms with E-state index in [4.69, 9.17) is 0 Å². The predicted octanol–water partition coefficient (Wildman–Crippen LogP) is 2.85. The molecule has 0 saturated carbocycles. The molecule has 2 heterocycles. The standard InChI is InChI=1S/C15H13F4N3O2/c1-2-10-9(4-20-7-12(10)17)6-21-13(23)8-3-11(16)14(22-5-8)24-15(18)19/h3-5,7,15H,2,6H2,1H3,(H,21,23). The maximum absolute atomic E-state index is 13.6. The topological polar surface area (TPSA) is 64.1 Å². The highest BCUT2D eigenvalue weighted by Gasteiger charge is 2.15. The van der Waals surface area contributed by atoms with E-state index in [0.717, 1.165) is 18.5 Å². The maximum atomic E-state index is 13.6. The third-order valence-corrected chi connectivity index (χ3v) is 3.16. The molecule has 5 nitrogen and oxygen atoms in total. The third-order valence-electron chi connectivity index (χ3n) is 3.16. The molecule has 1 amide bonds. The SMILES string of the molecule is CCc1c(F)cncc1CNC(=O)c1cnc(OC(F)F)c(F)c1. The molecule has 0 radical (unpaired) electrons. The molecule has 0 aliphatic rings. The summed E-state index contributed by atoms with van der Waals surface area (Å²) in [4.78, 5) is 19.0. The van der Waals surface area contributed by atoms with Gasteiger partial charge in [0.1, 0.15) is 5.82 Å². The number of amides is 1. The van der Waals surface area contributed by atoms with Crippen molar-refractivity contribution in [2.24, 2.45) is 0 Å². The number of aromatic nitrogens is 2. The Labute approximate surface area is 134 Å². The van der Waals surface area contributed by atoms with Crippen molar-refractivity contribution in [1.29, 1.82) is 0 Å². The van der Waals surface area contributed by atoms with E-state index in [1.807, 2.05) is 0 Å². The summed E-state index contributed by atoms with van der Waals surface area (Å²) in [5, 5.41) is 2.46. The summed E-state index contributed by atoms with van der Waals surface area (Å²) >= 11 is 0. The Hall–Kier alpha value is -2.71. The summed E-state index contributed by atoms with van der Waals surface area (Å²) in [5.41, 5.74) is 0.712. The van der Waals surface area contributed by atoms with Gasteiger partial charge in [-0.2, -0.15) is 8.78 Å². The van der Waals surface area contributed by atoms with Crippen molar-refractivity contribution >= 4 is 5.91 Å². The number of nitrogens with zero attached hydrogens (tertiary/aromatic N) is 2. The minimum absolute atomic E-state index is 0.0241. The van der Waals surface area contributed by atoms with E-state index in [1.54, 1.807) is 6.92 Å². The molecule has 2 aromatic heterocycles. The molecule has 0 atom stereocenters. The largest absolute Gasteiger partial charge is 0.414 e. The van der Waals surface area contributed by atoms with Crippen LogP contribution in [-0.2, 0) is 13.0 Å². The van der Waals surface area contributed by atoms with Crippen LogP contribution in [0.4, 0.5) is 17.6 Å². The predicted molar refractivity (Wildman–Crippen MR) is 75.6 cm³/mol. The fraction of sp³-hybridized carbons (Fsp3) is 0.267. The van der Waals surface area contributed by atoms with Crippen molar-refractivity contribution < 1.29 is 27.1 Å². The highest BCUT2D eigenvalue weighted by molar-refractivity contribution is 5.93. The van der Waals surface area contributed by atoms with E-state index in [1.165, 1.54) is 6.20 Å². The molecule has 128 valence electrons. The van der Waals surface area contributed by atoms with E-state index < -0.39 is 30.0 Å². The molecule has 0 spiro atoms. The second kappa shape index (κ2) is 7.71. The number of ether oxygens (including phenoxy) is 1. The summed E-state index contributed by atoms with van der Waals surface area (Å²) in [6, 6.07) is 0.727. The van der Waals surface area contributed by atoms with Crippen LogP contribution in [0.15, 0.2) is 24.7 Å². The van der Waals surface area contributed by atoms with Gasteiger partial charge in [0, 0.05) is 18.9 Å². The van der Waals surface area contributed by atoms with E-state index in [0.29, 0.717) is 17.5 Å². The normalized spacial score (nSPS) is 10.8. The Morgan fingerprint density at radius 2 is 2.00 bits per heavy atom. The quantitative estimate of drug-likeness (QED) is 0.819. The Balaban J connectivity index is 2.08. The van der Waals surface area contributed by atoms with Gasteiger partial charge in [-0.15, -0.1) is 0 Å². The van der Waals surface area contributed by atoms with E-state index >= 15 is 0 Å². The average Bonchev–Trinajstić information content (AvgIpc) is 2.54. The summed E-state index contributed by atoms with van der Waals surface area (Å²) in [7, 11) is 0. The van der Waals surface area contributed by atoms with E-state index in [-0.39, 0.29) is 12.1 Å². The Bertz CT molecular complexity index is 741. The van der Waals surface area contributed by atoms with Crippen LogP contribution in [0, 0.1) is 11.6 Å². The number of rotatable bonds is 6. The second-order valence-electron chi connectivity index (χ2n) is 4.68. The molecule has 0 unspecified atom stereocenters. The summed E-state index contributed by atoms with van der Waals surface area (Å²) in [6.45, 7) is -1.49. The fourth-order valence-corrected chi connectivity index (χ4v) is 2.05. The van der Waals surface area contributed by atoms with Crippen LogP contribution in [0.2, 0.25) is 0 Å². The maximum Gasteiger partial charge on any atom is 0.388 e. The molecule has 2 aromatic rings.